The second-order valence-corrected chi connectivity index (χ2v) is 7.41. The lowest BCUT2D eigenvalue weighted by atomic mass is 9.78. The molecular weight excluding hydrogens is 400 g/mol. The molecule has 5 nitrogen and oxygen atoms in total. The highest BCUT2D eigenvalue weighted by Gasteiger charge is 2.48. The van der Waals surface area contributed by atoms with Gasteiger partial charge < -0.3 is 15.2 Å². The van der Waals surface area contributed by atoms with Crippen molar-refractivity contribution in [2.75, 3.05) is 18.5 Å². The SMILES string of the molecule is C#CCOc1ccc(C(Nc2ccccc2)[C@](NCCC)(C(=O)O)c2ccccc2)cc1. The van der Waals surface area contributed by atoms with Crippen molar-refractivity contribution in [2.24, 2.45) is 0 Å². The van der Waals surface area contributed by atoms with Gasteiger partial charge in [0.05, 0.1) is 6.04 Å². The van der Waals surface area contributed by atoms with E-state index in [9.17, 15) is 9.90 Å². The first kappa shape index (κ1) is 22.9. The fraction of sp³-hybridized carbons (Fsp3) is 0.222. The van der Waals surface area contributed by atoms with Crippen molar-refractivity contribution in [3.05, 3.63) is 96.1 Å². The van der Waals surface area contributed by atoms with Gasteiger partial charge in [-0.3, -0.25) is 5.32 Å². The van der Waals surface area contributed by atoms with Gasteiger partial charge in [0, 0.05) is 5.69 Å². The third-order valence-corrected chi connectivity index (χ3v) is 5.27. The summed E-state index contributed by atoms with van der Waals surface area (Å²) in [5.41, 5.74) is 0.887. The van der Waals surface area contributed by atoms with Crippen LogP contribution in [0.4, 0.5) is 5.69 Å². The lowest BCUT2D eigenvalue weighted by molar-refractivity contribution is -0.146. The molecule has 3 aromatic rings. The molecule has 0 bridgehead atoms. The van der Waals surface area contributed by atoms with Crippen LogP contribution in [0.2, 0.25) is 0 Å². The van der Waals surface area contributed by atoms with Crippen LogP contribution < -0.4 is 15.4 Å². The summed E-state index contributed by atoms with van der Waals surface area (Å²) < 4.78 is 5.50. The molecule has 5 heteroatoms. The molecule has 3 aromatic carbocycles. The van der Waals surface area contributed by atoms with E-state index >= 15 is 0 Å². The molecule has 2 atom stereocenters. The molecule has 0 radical (unpaired) electrons. The normalized spacial score (nSPS) is 13.4. The molecule has 0 aliphatic carbocycles. The molecule has 0 saturated heterocycles. The van der Waals surface area contributed by atoms with Crippen molar-refractivity contribution in [2.45, 2.75) is 24.9 Å². The molecular formula is C27H28N2O3. The van der Waals surface area contributed by atoms with Gasteiger partial charge in [-0.1, -0.05) is 73.5 Å². The summed E-state index contributed by atoms with van der Waals surface area (Å²) in [6.45, 7) is 2.73. The monoisotopic (exact) mass is 428 g/mol. The summed E-state index contributed by atoms with van der Waals surface area (Å²) in [7, 11) is 0. The van der Waals surface area contributed by atoms with Crippen LogP contribution in [0.5, 0.6) is 5.75 Å². The van der Waals surface area contributed by atoms with Gasteiger partial charge >= 0.3 is 5.97 Å². The molecule has 0 aliphatic heterocycles. The van der Waals surface area contributed by atoms with Gasteiger partial charge in [-0.25, -0.2) is 4.79 Å². The van der Waals surface area contributed by atoms with E-state index in [1.54, 1.807) is 0 Å². The van der Waals surface area contributed by atoms with Gasteiger partial charge in [0.15, 0.2) is 5.54 Å². The number of hydrogen-bond donors (Lipinski definition) is 3. The maximum atomic E-state index is 13.0. The average molecular weight is 429 g/mol. The first-order chi connectivity index (χ1) is 15.6. The fourth-order valence-corrected chi connectivity index (χ4v) is 3.74. The summed E-state index contributed by atoms with van der Waals surface area (Å²) >= 11 is 0. The maximum Gasteiger partial charge on any atom is 0.331 e. The molecule has 3 N–H and O–H groups in total. The van der Waals surface area contributed by atoms with Crippen LogP contribution in [-0.4, -0.2) is 24.2 Å². The van der Waals surface area contributed by atoms with Gasteiger partial charge in [0.2, 0.25) is 0 Å². The molecule has 0 fully saturated rings. The summed E-state index contributed by atoms with van der Waals surface area (Å²) in [5.74, 6) is 2.12. The Bertz CT molecular complexity index is 1030. The van der Waals surface area contributed by atoms with Gasteiger partial charge in [-0.05, 0) is 48.4 Å². The molecule has 0 aromatic heterocycles. The van der Waals surface area contributed by atoms with E-state index in [4.69, 9.17) is 11.2 Å². The molecule has 164 valence electrons. The van der Waals surface area contributed by atoms with Gasteiger partial charge in [0.25, 0.3) is 0 Å². The Morgan fingerprint density at radius 1 is 1.03 bits per heavy atom. The Labute approximate surface area is 189 Å². The standard InChI is InChI=1S/C27H28N2O3/c1-3-19-28-27(26(30)31,22-11-7-5-8-12-22)25(29-23-13-9-6-10-14-23)21-15-17-24(18-16-21)32-20-4-2/h2,5-18,25,28-29H,3,19-20H2,1H3,(H,30,31)/t25?,27-/m0/s1. The Morgan fingerprint density at radius 2 is 1.66 bits per heavy atom. The van der Waals surface area contributed by atoms with Crippen molar-refractivity contribution < 1.29 is 14.6 Å². The summed E-state index contributed by atoms with van der Waals surface area (Å²) in [6.07, 6.45) is 6.07. The number of para-hydroxylation sites is 1. The van der Waals surface area contributed by atoms with Gasteiger partial charge in [0.1, 0.15) is 12.4 Å². The number of carbonyl (C=O) groups is 1. The number of anilines is 1. The fourth-order valence-electron chi connectivity index (χ4n) is 3.74. The number of ether oxygens (including phenoxy) is 1. The topological polar surface area (TPSA) is 70.6 Å². The molecule has 0 amide bonds. The smallest absolute Gasteiger partial charge is 0.331 e. The van der Waals surface area contributed by atoms with Crippen molar-refractivity contribution in [3.63, 3.8) is 0 Å². The van der Waals surface area contributed by atoms with E-state index in [0.29, 0.717) is 17.9 Å². The average Bonchev–Trinajstić information content (AvgIpc) is 2.84. The minimum absolute atomic E-state index is 0.173. The Kier molecular flexibility index (Phi) is 7.91. The third kappa shape index (κ3) is 5.11. The van der Waals surface area contributed by atoms with Crippen LogP contribution in [0.1, 0.15) is 30.5 Å². The van der Waals surface area contributed by atoms with E-state index in [1.807, 2.05) is 91.9 Å². The second kappa shape index (κ2) is 11.0. The highest BCUT2D eigenvalue weighted by Crippen LogP contribution is 2.39. The Hall–Kier alpha value is -3.75. The zero-order valence-corrected chi connectivity index (χ0v) is 18.1. The highest BCUT2D eigenvalue weighted by atomic mass is 16.5. The number of rotatable bonds is 11. The van der Waals surface area contributed by atoms with Crippen molar-refractivity contribution in [1.82, 2.24) is 5.32 Å². The Morgan fingerprint density at radius 3 is 2.22 bits per heavy atom. The van der Waals surface area contributed by atoms with Crippen molar-refractivity contribution in [3.8, 4) is 18.1 Å². The van der Waals surface area contributed by atoms with E-state index in [2.05, 4.69) is 16.6 Å². The summed E-state index contributed by atoms with van der Waals surface area (Å²) in [4.78, 5) is 13.0. The number of carboxylic acids is 1. The summed E-state index contributed by atoms with van der Waals surface area (Å²) in [6, 6.07) is 25.7. The third-order valence-electron chi connectivity index (χ3n) is 5.27. The number of terminal acetylenes is 1. The first-order valence-corrected chi connectivity index (χ1v) is 10.6. The van der Waals surface area contributed by atoms with Crippen LogP contribution in [0.3, 0.4) is 0 Å². The molecule has 1 unspecified atom stereocenters. The Balaban J connectivity index is 2.15. The zero-order chi connectivity index (χ0) is 22.8. The lowest BCUT2D eigenvalue weighted by Gasteiger charge is -2.40. The van der Waals surface area contributed by atoms with Crippen molar-refractivity contribution in [1.29, 1.82) is 0 Å². The van der Waals surface area contributed by atoms with Crippen LogP contribution >= 0.6 is 0 Å². The van der Waals surface area contributed by atoms with E-state index in [0.717, 1.165) is 17.7 Å². The van der Waals surface area contributed by atoms with Crippen LogP contribution in [0.25, 0.3) is 0 Å². The molecule has 0 aliphatic rings. The van der Waals surface area contributed by atoms with E-state index < -0.39 is 17.6 Å². The van der Waals surface area contributed by atoms with E-state index in [-0.39, 0.29) is 6.61 Å². The van der Waals surface area contributed by atoms with Crippen LogP contribution in [-0.2, 0) is 10.3 Å². The zero-order valence-electron chi connectivity index (χ0n) is 18.1. The number of hydrogen-bond acceptors (Lipinski definition) is 4. The molecule has 3 rings (SSSR count). The first-order valence-electron chi connectivity index (χ1n) is 10.6. The van der Waals surface area contributed by atoms with Crippen molar-refractivity contribution >= 4 is 11.7 Å². The number of benzene rings is 3. The minimum Gasteiger partial charge on any atom is -0.481 e. The number of aliphatic carboxylic acids is 1. The molecule has 32 heavy (non-hydrogen) atoms. The van der Waals surface area contributed by atoms with Gasteiger partial charge in [-0.15, -0.1) is 6.42 Å². The quantitative estimate of drug-likeness (QED) is 0.382. The minimum atomic E-state index is -1.41. The lowest BCUT2D eigenvalue weighted by Crippen LogP contribution is -2.56. The largest absolute Gasteiger partial charge is 0.481 e. The van der Waals surface area contributed by atoms with Gasteiger partial charge in [-0.2, -0.15) is 0 Å². The second-order valence-electron chi connectivity index (χ2n) is 7.41. The molecule has 0 saturated carbocycles. The predicted octanol–water partition coefficient (Wildman–Crippen LogP) is 4.83. The van der Waals surface area contributed by atoms with Crippen LogP contribution in [0, 0.1) is 12.3 Å². The maximum absolute atomic E-state index is 13.0. The molecule has 0 heterocycles. The van der Waals surface area contributed by atoms with E-state index in [1.165, 1.54) is 0 Å². The number of carboxylic acid groups (broad SMARTS) is 1. The molecule has 0 spiro atoms. The number of nitrogens with one attached hydrogen (secondary N) is 2. The van der Waals surface area contributed by atoms with Crippen LogP contribution in [0.15, 0.2) is 84.9 Å². The summed E-state index contributed by atoms with van der Waals surface area (Å²) in [5, 5.41) is 17.5. The predicted molar refractivity (Wildman–Crippen MR) is 128 cm³/mol. The highest BCUT2D eigenvalue weighted by molar-refractivity contribution is 5.83.